The second kappa shape index (κ2) is 11.1. The van der Waals surface area contributed by atoms with Gasteiger partial charge in [-0.1, -0.05) is 18.2 Å². The fourth-order valence-corrected chi connectivity index (χ4v) is 4.36. The first-order valence-corrected chi connectivity index (χ1v) is 12.0. The van der Waals surface area contributed by atoms with E-state index in [0.29, 0.717) is 56.5 Å². The minimum Gasteiger partial charge on any atom is -0.493 e. The molecule has 0 amide bonds. The Hall–Kier alpha value is -3.07. The summed E-state index contributed by atoms with van der Waals surface area (Å²) in [7, 11) is 1.62. The number of ether oxygens (including phenoxy) is 3. The van der Waals surface area contributed by atoms with Gasteiger partial charge in [-0.05, 0) is 61.2 Å². The van der Waals surface area contributed by atoms with Gasteiger partial charge in [0.25, 0.3) is 0 Å². The van der Waals surface area contributed by atoms with Crippen molar-refractivity contribution in [2.75, 3.05) is 33.4 Å². The third kappa shape index (κ3) is 6.54. The van der Waals surface area contributed by atoms with Gasteiger partial charge in [0, 0.05) is 25.8 Å². The van der Waals surface area contributed by atoms with Gasteiger partial charge in [0.2, 0.25) is 0 Å². The fraction of sp³-hybridized carbons (Fsp3) is 0.444. The minimum absolute atomic E-state index is 0.0258. The molecule has 1 aliphatic heterocycles. The number of piperidine rings is 1. The number of aryl methyl sites for hydroxylation is 2. The quantitative estimate of drug-likeness (QED) is 0.460. The van der Waals surface area contributed by atoms with Gasteiger partial charge in [0.1, 0.15) is 24.6 Å². The lowest BCUT2D eigenvalue weighted by Gasteiger charge is -2.42. The minimum atomic E-state index is -1.35. The number of hydrogen-bond acceptors (Lipinski definition) is 7. The van der Waals surface area contributed by atoms with Crippen LogP contribution in [0.15, 0.2) is 54.9 Å². The van der Waals surface area contributed by atoms with E-state index in [2.05, 4.69) is 10.00 Å². The standard InChI is InChI=1S/C27H35N3O5/c1-20-5-4-6-23(13-20)35-19-27(32)18-29(10-9-26(27)31)17-22-7-8-24(33-3)25(14-22)34-12-11-30-16-21(2)15-28-30/h4-8,13-16,26,31-32H,9-12,17-19H2,1-3H3/t26-,27-/m0/s1. The summed E-state index contributed by atoms with van der Waals surface area (Å²) < 4.78 is 19.2. The predicted octanol–water partition coefficient (Wildman–Crippen LogP) is 2.96. The first kappa shape index (κ1) is 25.0. The Morgan fingerprint density at radius 2 is 1.94 bits per heavy atom. The van der Waals surface area contributed by atoms with Crippen LogP contribution in [0.3, 0.4) is 0 Å². The lowest BCUT2D eigenvalue weighted by Crippen LogP contribution is -2.59. The Bertz CT molecular complexity index is 1120. The number of hydrogen-bond donors (Lipinski definition) is 2. The number of methoxy groups -OCH3 is 1. The molecule has 4 rings (SSSR count). The van der Waals surface area contributed by atoms with Gasteiger partial charge < -0.3 is 24.4 Å². The maximum Gasteiger partial charge on any atom is 0.161 e. The largest absolute Gasteiger partial charge is 0.493 e. The monoisotopic (exact) mass is 481 g/mol. The van der Waals surface area contributed by atoms with Crippen LogP contribution in [0.5, 0.6) is 17.2 Å². The fourth-order valence-electron chi connectivity index (χ4n) is 4.36. The molecule has 2 atom stereocenters. The number of nitrogens with zero attached hydrogens (tertiary/aromatic N) is 3. The summed E-state index contributed by atoms with van der Waals surface area (Å²) >= 11 is 0. The summed E-state index contributed by atoms with van der Waals surface area (Å²) in [5.41, 5.74) is 1.88. The molecular formula is C27H35N3O5. The van der Waals surface area contributed by atoms with Crippen molar-refractivity contribution in [1.29, 1.82) is 0 Å². The molecule has 2 aromatic carbocycles. The summed E-state index contributed by atoms with van der Waals surface area (Å²) in [5.74, 6) is 2.02. The van der Waals surface area contributed by atoms with E-state index in [9.17, 15) is 10.2 Å². The zero-order valence-electron chi connectivity index (χ0n) is 20.7. The highest BCUT2D eigenvalue weighted by molar-refractivity contribution is 5.43. The summed E-state index contributed by atoms with van der Waals surface area (Å²) in [4.78, 5) is 2.13. The maximum absolute atomic E-state index is 11.2. The molecule has 1 aliphatic rings. The Balaban J connectivity index is 1.37. The number of aliphatic hydroxyl groups excluding tert-OH is 1. The van der Waals surface area contributed by atoms with Crippen molar-refractivity contribution < 1.29 is 24.4 Å². The van der Waals surface area contributed by atoms with Crippen molar-refractivity contribution in [2.45, 2.75) is 45.1 Å². The van der Waals surface area contributed by atoms with Gasteiger partial charge in [-0.15, -0.1) is 0 Å². The second-order valence-corrected chi connectivity index (χ2v) is 9.34. The molecule has 0 unspecified atom stereocenters. The molecule has 8 heteroatoms. The molecule has 1 saturated heterocycles. The molecular weight excluding hydrogens is 446 g/mol. The zero-order valence-corrected chi connectivity index (χ0v) is 20.7. The average Bonchev–Trinajstić information content (AvgIpc) is 3.25. The Kier molecular flexibility index (Phi) is 7.95. The smallest absolute Gasteiger partial charge is 0.161 e. The molecule has 0 saturated carbocycles. The van der Waals surface area contributed by atoms with Crippen molar-refractivity contribution in [1.82, 2.24) is 14.7 Å². The third-order valence-corrected chi connectivity index (χ3v) is 6.29. The number of likely N-dealkylation sites (tertiary alicyclic amines) is 1. The Morgan fingerprint density at radius 1 is 1.09 bits per heavy atom. The maximum atomic E-state index is 11.2. The van der Waals surface area contributed by atoms with Crippen LogP contribution in [-0.4, -0.2) is 70.0 Å². The lowest BCUT2D eigenvalue weighted by molar-refractivity contribution is -0.140. The highest BCUT2D eigenvalue weighted by Gasteiger charge is 2.42. The van der Waals surface area contributed by atoms with Crippen LogP contribution in [-0.2, 0) is 13.1 Å². The van der Waals surface area contributed by atoms with E-state index in [0.717, 1.165) is 16.7 Å². The molecule has 0 aliphatic carbocycles. The summed E-state index contributed by atoms with van der Waals surface area (Å²) in [6.45, 7) is 6.72. The van der Waals surface area contributed by atoms with Gasteiger partial charge in [0.15, 0.2) is 11.5 Å². The van der Waals surface area contributed by atoms with E-state index in [4.69, 9.17) is 14.2 Å². The normalized spacial score (nSPS) is 20.5. The molecule has 2 heterocycles. The first-order valence-electron chi connectivity index (χ1n) is 12.0. The topological polar surface area (TPSA) is 89.2 Å². The van der Waals surface area contributed by atoms with Crippen LogP contribution in [0.25, 0.3) is 0 Å². The molecule has 1 aromatic heterocycles. The molecule has 188 valence electrons. The van der Waals surface area contributed by atoms with Crippen LogP contribution in [0.4, 0.5) is 0 Å². The Labute approximate surface area is 206 Å². The molecule has 2 N–H and O–H groups in total. The van der Waals surface area contributed by atoms with Crippen molar-refractivity contribution in [3.63, 3.8) is 0 Å². The van der Waals surface area contributed by atoms with Gasteiger partial charge >= 0.3 is 0 Å². The van der Waals surface area contributed by atoms with Gasteiger partial charge in [-0.25, -0.2) is 0 Å². The van der Waals surface area contributed by atoms with Crippen LogP contribution in [0.2, 0.25) is 0 Å². The van der Waals surface area contributed by atoms with E-state index in [1.54, 1.807) is 7.11 Å². The highest BCUT2D eigenvalue weighted by atomic mass is 16.5. The van der Waals surface area contributed by atoms with E-state index in [1.165, 1.54) is 0 Å². The zero-order chi connectivity index (χ0) is 24.8. The first-order chi connectivity index (χ1) is 16.8. The molecule has 3 aromatic rings. The average molecular weight is 482 g/mol. The van der Waals surface area contributed by atoms with Crippen molar-refractivity contribution in [3.8, 4) is 17.2 Å². The van der Waals surface area contributed by atoms with Crippen molar-refractivity contribution in [3.05, 3.63) is 71.5 Å². The number of aromatic nitrogens is 2. The summed E-state index contributed by atoms with van der Waals surface area (Å²) in [6.07, 6.45) is 3.43. The predicted molar refractivity (Wildman–Crippen MR) is 133 cm³/mol. The molecule has 35 heavy (non-hydrogen) atoms. The number of β-amino-alcohol motifs (C(OH)–C–C–N with tert-alkyl or cyclic N) is 1. The Morgan fingerprint density at radius 3 is 2.69 bits per heavy atom. The number of rotatable bonds is 10. The molecule has 1 fully saturated rings. The summed E-state index contributed by atoms with van der Waals surface area (Å²) in [6, 6.07) is 13.5. The van der Waals surface area contributed by atoms with E-state index in [1.807, 2.05) is 73.4 Å². The SMILES string of the molecule is COc1ccc(CN2CC[C@H](O)[C@@](O)(COc3cccc(C)c3)C2)cc1OCCn1cc(C)cn1. The van der Waals surface area contributed by atoms with Crippen LogP contribution < -0.4 is 14.2 Å². The van der Waals surface area contributed by atoms with Gasteiger partial charge in [-0.2, -0.15) is 5.10 Å². The van der Waals surface area contributed by atoms with Crippen molar-refractivity contribution >= 4 is 0 Å². The number of aliphatic hydroxyl groups is 2. The molecule has 0 spiro atoms. The molecule has 8 nitrogen and oxygen atoms in total. The number of benzene rings is 2. The van der Waals surface area contributed by atoms with Crippen LogP contribution in [0.1, 0.15) is 23.1 Å². The van der Waals surface area contributed by atoms with Gasteiger partial charge in [0.05, 0.1) is 26.0 Å². The second-order valence-electron chi connectivity index (χ2n) is 9.34. The molecule has 0 bridgehead atoms. The van der Waals surface area contributed by atoms with E-state index < -0.39 is 11.7 Å². The van der Waals surface area contributed by atoms with E-state index in [-0.39, 0.29) is 6.61 Å². The third-order valence-electron chi connectivity index (χ3n) is 6.29. The van der Waals surface area contributed by atoms with Gasteiger partial charge in [-0.3, -0.25) is 9.58 Å². The van der Waals surface area contributed by atoms with Crippen LogP contribution in [0, 0.1) is 13.8 Å². The highest BCUT2D eigenvalue weighted by Crippen LogP contribution is 2.30. The van der Waals surface area contributed by atoms with Crippen LogP contribution >= 0.6 is 0 Å². The molecule has 0 radical (unpaired) electrons. The van der Waals surface area contributed by atoms with E-state index >= 15 is 0 Å². The lowest BCUT2D eigenvalue weighted by atomic mass is 9.90. The van der Waals surface area contributed by atoms with Crippen molar-refractivity contribution in [2.24, 2.45) is 0 Å². The summed E-state index contributed by atoms with van der Waals surface area (Å²) in [5, 5.41) is 26.0.